The summed E-state index contributed by atoms with van der Waals surface area (Å²) in [5, 5.41) is 0. The number of hydrogen-bond donors (Lipinski definition) is 1. The number of allylic oxidation sites excluding steroid dienone is 2. The zero-order chi connectivity index (χ0) is 11.3. The summed E-state index contributed by atoms with van der Waals surface area (Å²) >= 11 is 0. The van der Waals surface area contributed by atoms with Gasteiger partial charge in [-0.2, -0.15) is 0 Å². The van der Waals surface area contributed by atoms with Crippen LogP contribution in [0.5, 0.6) is 0 Å². The molecule has 0 aromatic rings. The third-order valence-electron chi connectivity index (χ3n) is 1.70. The van der Waals surface area contributed by atoms with E-state index in [-0.39, 0.29) is 0 Å². The lowest BCUT2D eigenvalue weighted by molar-refractivity contribution is 1.22. The van der Waals surface area contributed by atoms with Crippen LogP contribution in [0.15, 0.2) is 45.7 Å². The number of hydrogen-bond acceptors (Lipinski definition) is 3. The number of nitrogens with zero attached hydrogens (tertiary/aromatic N) is 2. The predicted molar refractivity (Wildman–Crippen MR) is 63.7 cm³/mol. The van der Waals surface area contributed by atoms with E-state index in [2.05, 4.69) is 29.9 Å². The average molecular weight is 191 g/mol. The maximum absolute atomic E-state index is 5.88. The standard InChI is InChI=1S/C11H17N3/c1-7(2)10(13-5)9(12)11(14-6)8(3)4/h1,3,5,12H2,2,4,6H3/b10-9+,14-11?. The molecule has 0 aromatic heterocycles. The van der Waals surface area contributed by atoms with E-state index >= 15 is 0 Å². The van der Waals surface area contributed by atoms with E-state index in [1.54, 1.807) is 7.05 Å². The van der Waals surface area contributed by atoms with Crippen LogP contribution >= 0.6 is 0 Å². The highest BCUT2D eigenvalue weighted by molar-refractivity contribution is 6.11. The van der Waals surface area contributed by atoms with Crippen molar-refractivity contribution < 1.29 is 0 Å². The quantitative estimate of drug-likeness (QED) is 0.537. The van der Waals surface area contributed by atoms with Crippen LogP contribution in [0.25, 0.3) is 0 Å². The Morgan fingerprint density at radius 1 is 1.14 bits per heavy atom. The minimum absolute atomic E-state index is 0.475. The fraction of sp³-hybridized carbons (Fsp3) is 0.273. The second-order valence-corrected chi connectivity index (χ2v) is 3.05. The third-order valence-corrected chi connectivity index (χ3v) is 1.70. The number of rotatable bonds is 4. The van der Waals surface area contributed by atoms with Crippen LogP contribution in [0.2, 0.25) is 0 Å². The minimum Gasteiger partial charge on any atom is -0.395 e. The van der Waals surface area contributed by atoms with Gasteiger partial charge in [-0.25, -0.2) is 0 Å². The number of aliphatic imine (C=N–C) groups is 2. The van der Waals surface area contributed by atoms with E-state index in [0.29, 0.717) is 17.1 Å². The van der Waals surface area contributed by atoms with Gasteiger partial charge < -0.3 is 5.73 Å². The van der Waals surface area contributed by atoms with Crippen molar-refractivity contribution in [2.45, 2.75) is 13.8 Å². The first-order chi connectivity index (χ1) is 6.45. The van der Waals surface area contributed by atoms with Gasteiger partial charge in [-0.05, 0) is 31.7 Å². The van der Waals surface area contributed by atoms with Gasteiger partial charge >= 0.3 is 0 Å². The molecule has 0 saturated heterocycles. The Hall–Kier alpha value is -1.64. The van der Waals surface area contributed by atoms with Gasteiger partial charge in [0.1, 0.15) is 0 Å². The fourth-order valence-electron chi connectivity index (χ4n) is 1.10. The second-order valence-electron chi connectivity index (χ2n) is 3.05. The van der Waals surface area contributed by atoms with Gasteiger partial charge in [-0.15, -0.1) is 0 Å². The third kappa shape index (κ3) is 2.69. The molecule has 0 atom stereocenters. The Kier molecular flexibility index (Phi) is 4.56. The summed E-state index contributed by atoms with van der Waals surface area (Å²) in [6.45, 7) is 14.7. The van der Waals surface area contributed by atoms with Crippen LogP contribution < -0.4 is 5.73 Å². The van der Waals surface area contributed by atoms with Crippen LogP contribution in [0.3, 0.4) is 0 Å². The normalized spacial score (nSPS) is 13.2. The molecule has 0 fully saturated rings. The molecule has 0 radical (unpaired) electrons. The lowest BCUT2D eigenvalue weighted by atomic mass is 10.1. The van der Waals surface area contributed by atoms with E-state index in [1.807, 2.05) is 13.8 Å². The Bertz CT molecular complexity index is 332. The fourth-order valence-corrected chi connectivity index (χ4v) is 1.10. The zero-order valence-corrected chi connectivity index (χ0v) is 9.09. The number of nitrogens with two attached hydrogens (primary N) is 1. The van der Waals surface area contributed by atoms with Crippen molar-refractivity contribution >= 4 is 12.4 Å². The Morgan fingerprint density at radius 2 is 1.64 bits per heavy atom. The Balaban J connectivity index is 5.45. The molecule has 0 aliphatic heterocycles. The van der Waals surface area contributed by atoms with Crippen molar-refractivity contribution in [3.05, 3.63) is 35.7 Å². The van der Waals surface area contributed by atoms with Crippen molar-refractivity contribution in [1.82, 2.24) is 0 Å². The van der Waals surface area contributed by atoms with Crippen LogP contribution in [-0.2, 0) is 0 Å². The van der Waals surface area contributed by atoms with Crippen molar-refractivity contribution in [1.29, 1.82) is 0 Å². The first-order valence-electron chi connectivity index (χ1n) is 4.21. The highest BCUT2D eigenvalue weighted by atomic mass is 14.8. The van der Waals surface area contributed by atoms with E-state index in [9.17, 15) is 0 Å². The van der Waals surface area contributed by atoms with Crippen molar-refractivity contribution in [3.63, 3.8) is 0 Å². The monoisotopic (exact) mass is 191 g/mol. The lowest BCUT2D eigenvalue weighted by Crippen LogP contribution is -2.15. The highest BCUT2D eigenvalue weighted by Crippen LogP contribution is 2.14. The molecule has 0 aliphatic carbocycles. The molecule has 0 amide bonds. The SMILES string of the molecule is C=N/C(C(=C)C)=C(/N)C(=NC)C(=C)C. The summed E-state index contributed by atoms with van der Waals surface area (Å²) < 4.78 is 0. The van der Waals surface area contributed by atoms with E-state index in [1.165, 1.54) is 0 Å². The van der Waals surface area contributed by atoms with Gasteiger partial charge in [0.05, 0.1) is 17.1 Å². The van der Waals surface area contributed by atoms with E-state index in [0.717, 1.165) is 11.1 Å². The molecule has 0 aliphatic rings. The molecule has 3 heteroatoms. The van der Waals surface area contributed by atoms with Crippen LogP contribution in [0.1, 0.15) is 13.8 Å². The maximum atomic E-state index is 5.88. The molecular formula is C11H17N3. The van der Waals surface area contributed by atoms with Gasteiger partial charge in [0.15, 0.2) is 0 Å². The Morgan fingerprint density at radius 3 is 1.86 bits per heavy atom. The molecule has 0 unspecified atom stereocenters. The molecule has 0 spiro atoms. The molecule has 0 heterocycles. The molecular weight excluding hydrogens is 174 g/mol. The zero-order valence-electron chi connectivity index (χ0n) is 9.09. The van der Waals surface area contributed by atoms with Gasteiger partial charge in [-0.1, -0.05) is 13.2 Å². The highest BCUT2D eigenvalue weighted by Gasteiger charge is 2.09. The van der Waals surface area contributed by atoms with Crippen LogP contribution in [0.4, 0.5) is 0 Å². The molecule has 14 heavy (non-hydrogen) atoms. The molecule has 3 nitrogen and oxygen atoms in total. The van der Waals surface area contributed by atoms with Gasteiger partial charge in [0.25, 0.3) is 0 Å². The van der Waals surface area contributed by atoms with E-state index in [4.69, 9.17) is 5.73 Å². The van der Waals surface area contributed by atoms with Gasteiger partial charge in [-0.3, -0.25) is 9.98 Å². The molecule has 76 valence electrons. The summed E-state index contributed by atoms with van der Waals surface area (Å²) in [4.78, 5) is 7.87. The van der Waals surface area contributed by atoms with Crippen molar-refractivity contribution in [3.8, 4) is 0 Å². The molecule has 0 bridgehead atoms. The van der Waals surface area contributed by atoms with Crippen molar-refractivity contribution in [2.24, 2.45) is 15.7 Å². The maximum Gasteiger partial charge on any atom is 0.0897 e. The lowest BCUT2D eigenvalue weighted by Gasteiger charge is -2.09. The summed E-state index contributed by atoms with van der Waals surface area (Å²) in [6.07, 6.45) is 0. The predicted octanol–water partition coefficient (Wildman–Crippen LogP) is 2.08. The smallest absolute Gasteiger partial charge is 0.0897 e. The second kappa shape index (κ2) is 5.17. The van der Waals surface area contributed by atoms with Crippen molar-refractivity contribution in [2.75, 3.05) is 7.05 Å². The molecule has 0 saturated carbocycles. The van der Waals surface area contributed by atoms with Crippen LogP contribution in [-0.4, -0.2) is 19.5 Å². The molecule has 2 N–H and O–H groups in total. The van der Waals surface area contributed by atoms with Gasteiger partial charge in [0.2, 0.25) is 0 Å². The van der Waals surface area contributed by atoms with E-state index < -0.39 is 0 Å². The summed E-state index contributed by atoms with van der Waals surface area (Å²) in [5.41, 5.74) is 9.14. The first kappa shape index (κ1) is 12.4. The summed E-state index contributed by atoms with van der Waals surface area (Å²) in [5.74, 6) is 0. The topological polar surface area (TPSA) is 50.7 Å². The minimum atomic E-state index is 0.475. The van der Waals surface area contributed by atoms with Gasteiger partial charge in [0, 0.05) is 7.05 Å². The summed E-state index contributed by atoms with van der Waals surface area (Å²) in [7, 11) is 1.66. The Labute approximate surface area is 85.5 Å². The molecule has 0 aromatic carbocycles. The average Bonchev–Trinajstić information content (AvgIpc) is 2.04. The van der Waals surface area contributed by atoms with Crippen LogP contribution in [0, 0.1) is 0 Å². The largest absolute Gasteiger partial charge is 0.395 e. The molecule has 0 rings (SSSR count). The summed E-state index contributed by atoms with van der Waals surface area (Å²) in [6, 6.07) is 0. The first-order valence-corrected chi connectivity index (χ1v) is 4.21.